The van der Waals surface area contributed by atoms with Gasteiger partial charge in [0.05, 0.1) is 6.61 Å². The zero-order chi connectivity index (χ0) is 18.4. The highest BCUT2D eigenvalue weighted by Gasteiger charge is 2.13. The Morgan fingerprint density at radius 1 is 1.04 bits per heavy atom. The molecule has 0 amide bonds. The molecule has 3 nitrogen and oxygen atoms in total. The third-order valence-electron chi connectivity index (χ3n) is 4.54. The first-order chi connectivity index (χ1) is 12.7. The molecule has 0 bridgehead atoms. The van der Waals surface area contributed by atoms with Gasteiger partial charge >= 0.3 is 0 Å². The van der Waals surface area contributed by atoms with Gasteiger partial charge in [-0.25, -0.2) is 0 Å². The van der Waals surface area contributed by atoms with E-state index >= 15 is 0 Å². The van der Waals surface area contributed by atoms with Gasteiger partial charge in [-0.1, -0.05) is 19.1 Å². The largest absolute Gasteiger partial charge is 0.491 e. The Morgan fingerprint density at radius 3 is 2.65 bits per heavy atom. The summed E-state index contributed by atoms with van der Waals surface area (Å²) in [5.74, 6) is 0.939. The number of hydrogen-bond acceptors (Lipinski definition) is 4. The molecule has 3 rings (SSSR count). The smallest absolute Gasteiger partial charge is 0.124 e. The van der Waals surface area contributed by atoms with E-state index in [9.17, 15) is 0 Å². The van der Waals surface area contributed by atoms with Crippen LogP contribution in [0.2, 0.25) is 0 Å². The molecular weight excluding hydrogens is 342 g/mol. The average Bonchev–Trinajstić information content (AvgIpc) is 3.20. The second kappa shape index (κ2) is 9.17. The van der Waals surface area contributed by atoms with Gasteiger partial charge in [-0.15, -0.1) is 0 Å². The minimum absolute atomic E-state index is 0.238. The highest BCUT2D eigenvalue weighted by Crippen LogP contribution is 2.33. The molecule has 0 aliphatic heterocycles. The molecule has 0 spiro atoms. The molecule has 0 radical (unpaired) electrons. The maximum absolute atomic E-state index is 6.03. The summed E-state index contributed by atoms with van der Waals surface area (Å²) in [6, 6.07) is 13.5. The lowest BCUT2D eigenvalue weighted by atomic mass is 9.98. The molecule has 0 saturated carbocycles. The first-order valence-electron chi connectivity index (χ1n) is 9.18. The van der Waals surface area contributed by atoms with Crippen molar-refractivity contribution in [3.8, 4) is 16.9 Å². The maximum atomic E-state index is 6.03. The van der Waals surface area contributed by atoms with Crippen molar-refractivity contribution in [1.29, 1.82) is 0 Å². The highest BCUT2D eigenvalue weighted by molar-refractivity contribution is 7.08. The average molecular weight is 370 g/mol. The fraction of sp³-hybridized carbons (Fsp3) is 0.364. The molecule has 1 unspecified atom stereocenters. The number of fused-ring (bicyclic) bond motifs is 1. The molecule has 26 heavy (non-hydrogen) atoms. The first-order valence-corrected chi connectivity index (χ1v) is 10.1. The number of benzene rings is 2. The molecule has 0 saturated heterocycles. The molecule has 0 aliphatic carbocycles. The van der Waals surface area contributed by atoms with Crippen molar-refractivity contribution >= 4 is 22.1 Å². The summed E-state index contributed by atoms with van der Waals surface area (Å²) in [5, 5.41) is 10.3. The van der Waals surface area contributed by atoms with Crippen LogP contribution in [0.1, 0.15) is 31.9 Å². The topological polar surface area (TPSA) is 30.5 Å². The van der Waals surface area contributed by atoms with E-state index in [1.54, 1.807) is 18.4 Å². The molecule has 4 heteroatoms. The molecule has 3 aromatic rings. The summed E-state index contributed by atoms with van der Waals surface area (Å²) >= 11 is 1.73. The minimum atomic E-state index is 0.238. The number of rotatable bonds is 9. The van der Waals surface area contributed by atoms with Crippen molar-refractivity contribution in [3.63, 3.8) is 0 Å². The normalized spacial score (nSPS) is 12.4. The second-order valence-corrected chi connectivity index (χ2v) is 7.26. The lowest BCUT2D eigenvalue weighted by Crippen LogP contribution is -2.20. The predicted molar refractivity (Wildman–Crippen MR) is 111 cm³/mol. The summed E-state index contributed by atoms with van der Waals surface area (Å²) in [6.45, 7) is 6.52. The molecule has 0 aliphatic rings. The van der Waals surface area contributed by atoms with Crippen LogP contribution in [-0.2, 0) is 4.74 Å². The zero-order valence-corrected chi connectivity index (χ0v) is 16.6. The summed E-state index contributed by atoms with van der Waals surface area (Å²) < 4.78 is 11.2. The molecule has 0 fully saturated rings. The Labute approximate surface area is 160 Å². The van der Waals surface area contributed by atoms with Crippen LogP contribution in [0.4, 0.5) is 0 Å². The van der Waals surface area contributed by atoms with Crippen LogP contribution in [0.5, 0.6) is 5.75 Å². The van der Waals surface area contributed by atoms with Crippen molar-refractivity contribution in [2.75, 3.05) is 26.9 Å². The Kier molecular flexibility index (Phi) is 6.67. The van der Waals surface area contributed by atoms with Crippen molar-refractivity contribution in [2.45, 2.75) is 26.3 Å². The molecule has 2 aromatic carbocycles. The van der Waals surface area contributed by atoms with E-state index in [0.717, 1.165) is 18.7 Å². The number of ether oxygens (including phenoxy) is 2. The number of nitrogens with one attached hydrogen (secondary N) is 1. The van der Waals surface area contributed by atoms with Crippen LogP contribution < -0.4 is 10.1 Å². The van der Waals surface area contributed by atoms with Gasteiger partial charge < -0.3 is 14.8 Å². The van der Waals surface area contributed by atoms with Crippen molar-refractivity contribution in [1.82, 2.24) is 5.32 Å². The number of thiophene rings is 1. The summed E-state index contributed by atoms with van der Waals surface area (Å²) in [6.07, 6.45) is 1.11. The van der Waals surface area contributed by atoms with Gasteiger partial charge in [-0.2, -0.15) is 11.3 Å². The van der Waals surface area contributed by atoms with E-state index in [4.69, 9.17) is 9.47 Å². The highest BCUT2D eigenvalue weighted by atomic mass is 32.1. The van der Waals surface area contributed by atoms with Gasteiger partial charge in [-0.3, -0.25) is 0 Å². The fourth-order valence-corrected chi connectivity index (χ4v) is 3.74. The first kappa shape index (κ1) is 18.9. The Bertz CT molecular complexity index is 830. The lowest BCUT2D eigenvalue weighted by molar-refractivity contribution is 0.145. The van der Waals surface area contributed by atoms with Gasteiger partial charge in [-0.05, 0) is 76.8 Å². The summed E-state index contributed by atoms with van der Waals surface area (Å²) in [4.78, 5) is 0. The SMILES string of the molecule is CCCNC(C)c1cc2cc(-c3ccsc3)ccc2cc1OCCOC. The van der Waals surface area contributed by atoms with Crippen LogP contribution in [0.25, 0.3) is 21.9 Å². The molecule has 138 valence electrons. The molecular formula is C22H27NO2S. The predicted octanol–water partition coefficient (Wildman–Crippen LogP) is 5.65. The molecule has 1 heterocycles. The van der Waals surface area contributed by atoms with E-state index in [2.05, 4.69) is 66.3 Å². The van der Waals surface area contributed by atoms with E-state index in [1.807, 2.05) is 0 Å². The van der Waals surface area contributed by atoms with Crippen molar-refractivity contribution < 1.29 is 9.47 Å². The number of hydrogen-bond donors (Lipinski definition) is 1. The molecule has 1 aromatic heterocycles. The Morgan fingerprint density at radius 2 is 1.92 bits per heavy atom. The fourth-order valence-electron chi connectivity index (χ4n) is 3.07. The third-order valence-corrected chi connectivity index (χ3v) is 5.22. The van der Waals surface area contributed by atoms with Gasteiger partial charge in [0.15, 0.2) is 0 Å². The minimum Gasteiger partial charge on any atom is -0.491 e. The summed E-state index contributed by atoms with van der Waals surface area (Å²) in [7, 11) is 1.70. The monoisotopic (exact) mass is 369 g/mol. The van der Waals surface area contributed by atoms with E-state index in [1.165, 1.54) is 27.5 Å². The van der Waals surface area contributed by atoms with Crippen LogP contribution in [0.3, 0.4) is 0 Å². The van der Waals surface area contributed by atoms with E-state index < -0.39 is 0 Å². The summed E-state index contributed by atoms with van der Waals surface area (Å²) in [5.41, 5.74) is 3.73. The van der Waals surface area contributed by atoms with Crippen LogP contribution >= 0.6 is 11.3 Å². The second-order valence-electron chi connectivity index (χ2n) is 6.48. The number of methoxy groups -OCH3 is 1. The van der Waals surface area contributed by atoms with Crippen LogP contribution in [0.15, 0.2) is 47.2 Å². The molecule has 1 N–H and O–H groups in total. The van der Waals surface area contributed by atoms with Gasteiger partial charge in [0, 0.05) is 18.7 Å². The van der Waals surface area contributed by atoms with Gasteiger partial charge in [0.1, 0.15) is 12.4 Å². The van der Waals surface area contributed by atoms with Gasteiger partial charge in [0.25, 0.3) is 0 Å². The quantitative estimate of drug-likeness (QED) is 0.494. The standard InChI is InChI=1S/C22H27NO2S/c1-4-8-23-16(2)21-13-20-12-17(19-7-11-26-15-19)5-6-18(20)14-22(21)25-10-9-24-3/h5-7,11-16,23H,4,8-10H2,1-3H3. The molecule has 1 atom stereocenters. The van der Waals surface area contributed by atoms with E-state index in [-0.39, 0.29) is 6.04 Å². The lowest BCUT2D eigenvalue weighted by Gasteiger charge is -2.19. The third kappa shape index (κ3) is 4.44. The van der Waals surface area contributed by atoms with Crippen LogP contribution in [0, 0.1) is 0 Å². The van der Waals surface area contributed by atoms with Gasteiger partial charge in [0.2, 0.25) is 0 Å². The van der Waals surface area contributed by atoms with Crippen LogP contribution in [-0.4, -0.2) is 26.9 Å². The maximum Gasteiger partial charge on any atom is 0.124 e. The van der Waals surface area contributed by atoms with Crippen molar-refractivity contribution in [2.24, 2.45) is 0 Å². The van der Waals surface area contributed by atoms with Crippen molar-refractivity contribution in [3.05, 3.63) is 52.7 Å². The Hall–Kier alpha value is -1.88. The zero-order valence-electron chi connectivity index (χ0n) is 15.7. The Balaban J connectivity index is 1.98. The van der Waals surface area contributed by atoms with E-state index in [0.29, 0.717) is 13.2 Å².